The molecular formula is C15H22BO2. The van der Waals surface area contributed by atoms with Gasteiger partial charge < -0.3 is 9.90 Å². The molecule has 1 rings (SSSR count). The monoisotopic (exact) mass is 245 g/mol. The molecule has 0 aromatic heterocycles. The van der Waals surface area contributed by atoms with Crippen LogP contribution >= 0.6 is 0 Å². The molecule has 0 saturated heterocycles. The summed E-state index contributed by atoms with van der Waals surface area (Å²) in [5, 5.41) is 9.88. The second-order valence-electron chi connectivity index (χ2n) is 5.14. The highest BCUT2D eigenvalue weighted by Crippen LogP contribution is 2.26. The summed E-state index contributed by atoms with van der Waals surface area (Å²) in [5.41, 5.74) is 2.12. The maximum absolute atomic E-state index is 11.3. The van der Waals surface area contributed by atoms with Crippen molar-refractivity contribution in [2.45, 2.75) is 46.0 Å². The Morgan fingerprint density at radius 1 is 1.33 bits per heavy atom. The molecule has 2 atom stereocenters. The molecule has 0 heterocycles. The van der Waals surface area contributed by atoms with E-state index in [0.29, 0.717) is 12.3 Å². The summed E-state index contributed by atoms with van der Waals surface area (Å²) in [4.78, 5) is 11.3. The summed E-state index contributed by atoms with van der Waals surface area (Å²) in [6, 6.07) is 7.92. The van der Waals surface area contributed by atoms with Gasteiger partial charge in [-0.3, -0.25) is 0 Å². The Morgan fingerprint density at radius 3 is 2.44 bits per heavy atom. The summed E-state index contributed by atoms with van der Waals surface area (Å²) in [6.45, 7) is 7.75. The van der Waals surface area contributed by atoms with E-state index in [1.807, 2.05) is 31.2 Å². The standard InChI is InChI=1S/C15H22BO2/c1-5-14(18)12-7-6-8-13(9-12)15(10(2)3)16-11(4)17/h6-10,14-15,18H,5H2,1-4H3. The van der Waals surface area contributed by atoms with Gasteiger partial charge in [0.25, 0.3) is 0 Å². The minimum atomic E-state index is -0.421. The van der Waals surface area contributed by atoms with Gasteiger partial charge in [-0.25, -0.2) is 0 Å². The van der Waals surface area contributed by atoms with Crippen LogP contribution in [0.3, 0.4) is 0 Å². The van der Waals surface area contributed by atoms with E-state index in [4.69, 9.17) is 0 Å². The highest BCUT2D eigenvalue weighted by Gasteiger charge is 2.20. The van der Waals surface area contributed by atoms with Gasteiger partial charge >= 0.3 is 0 Å². The van der Waals surface area contributed by atoms with Gasteiger partial charge in [0.1, 0.15) is 0 Å². The molecule has 1 radical (unpaired) electrons. The van der Waals surface area contributed by atoms with Crippen molar-refractivity contribution in [2.75, 3.05) is 0 Å². The van der Waals surface area contributed by atoms with Gasteiger partial charge in [0, 0.05) is 0 Å². The number of hydrogen-bond donors (Lipinski definition) is 1. The Hall–Kier alpha value is -1.09. The van der Waals surface area contributed by atoms with Crippen molar-refractivity contribution in [3.8, 4) is 0 Å². The third-order valence-corrected chi connectivity index (χ3v) is 3.20. The van der Waals surface area contributed by atoms with Crippen LogP contribution in [0.2, 0.25) is 0 Å². The first-order chi connectivity index (χ1) is 8.45. The molecule has 18 heavy (non-hydrogen) atoms. The number of carbonyl (C=O) groups is 1. The minimum absolute atomic E-state index is 0.0927. The molecule has 2 nitrogen and oxygen atoms in total. The van der Waals surface area contributed by atoms with Crippen molar-refractivity contribution >= 4 is 13.0 Å². The lowest BCUT2D eigenvalue weighted by Crippen LogP contribution is -2.20. The van der Waals surface area contributed by atoms with E-state index >= 15 is 0 Å². The number of benzene rings is 1. The number of hydrogen-bond acceptors (Lipinski definition) is 2. The molecule has 3 heteroatoms. The number of aliphatic hydroxyl groups excluding tert-OH is 1. The molecule has 1 aromatic carbocycles. The van der Waals surface area contributed by atoms with Gasteiger partial charge in [0.2, 0.25) is 7.28 Å². The second kappa shape index (κ2) is 6.74. The molecule has 1 aromatic rings. The summed E-state index contributed by atoms with van der Waals surface area (Å²) in [5.74, 6) is 0.481. The first kappa shape index (κ1) is 15.0. The van der Waals surface area contributed by atoms with Crippen LogP contribution in [0.1, 0.15) is 57.2 Å². The zero-order valence-electron chi connectivity index (χ0n) is 11.7. The van der Waals surface area contributed by atoms with Crippen molar-refractivity contribution in [3.63, 3.8) is 0 Å². The van der Waals surface area contributed by atoms with E-state index in [-0.39, 0.29) is 11.5 Å². The Labute approximate surface area is 111 Å². The Bertz CT molecular complexity index is 401. The summed E-state index contributed by atoms with van der Waals surface area (Å²) < 4.78 is 0. The lowest BCUT2D eigenvalue weighted by Gasteiger charge is -2.21. The highest BCUT2D eigenvalue weighted by molar-refractivity contribution is 6.74. The van der Waals surface area contributed by atoms with Crippen LogP contribution in [0, 0.1) is 5.92 Å². The molecule has 0 spiro atoms. The Balaban J connectivity index is 3.01. The van der Waals surface area contributed by atoms with Gasteiger partial charge in [-0.15, -0.1) is 0 Å². The molecule has 0 aliphatic heterocycles. The zero-order valence-corrected chi connectivity index (χ0v) is 11.7. The molecule has 97 valence electrons. The third-order valence-electron chi connectivity index (χ3n) is 3.20. The van der Waals surface area contributed by atoms with Gasteiger partial charge in [-0.05, 0) is 30.6 Å². The second-order valence-corrected chi connectivity index (χ2v) is 5.14. The SMILES string of the molecule is CCC(O)c1cccc(C([B]C(C)=O)C(C)C)c1. The molecule has 1 N–H and O–H groups in total. The summed E-state index contributed by atoms with van der Waals surface area (Å²) in [7, 11) is 1.77. The fraction of sp³-hybridized carbons (Fsp3) is 0.533. The number of aliphatic hydroxyl groups is 1. The van der Waals surface area contributed by atoms with Crippen LogP contribution in [0.15, 0.2) is 24.3 Å². The lowest BCUT2D eigenvalue weighted by atomic mass is 9.55. The predicted octanol–water partition coefficient (Wildman–Crippen LogP) is 3.08. The first-order valence-corrected chi connectivity index (χ1v) is 6.59. The quantitative estimate of drug-likeness (QED) is 0.782. The maximum atomic E-state index is 11.3. The smallest absolute Gasteiger partial charge is 0.210 e. The fourth-order valence-corrected chi connectivity index (χ4v) is 2.14. The fourth-order valence-electron chi connectivity index (χ4n) is 2.14. The van der Waals surface area contributed by atoms with Crippen molar-refractivity contribution < 1.29 is 9.90 Å². The Morgan fingerprint density at radius 2 is 1.94 bits per heavy atom. The average Bonchev–Trinajstić information content (AvgIpc) is 2.34. The van der Waals surface area contributed by atoms with Crippen LogP contribution < -0.4 is 0 Å². The topological polar surface area (TPSA) is 37.3 Å². The summed E-state index contributed by atoms with van der Waals surface area (Å²) in [6.07, 6.45) is 0.279. The van der Waals surface area contributed by atoms with Crippen LogP contribution in [0.5, 0.6) is 0 Å². The molecule has 0 aliphatic rings. The van der Waals surface area contributed by atoms with Gasteiger partial charge in [0.05, 0.1) is 11.8 Å². The van der Waals surface area contributed by atoms with Crippen molar-refractivity contribution in [1.82, 2.24) is 0 Å². The average molecular weight is 245 g/mol. The van der Waals surface area contributed by atoms with E-state index in [0.717, 1.165) is 11.1 Å². The molecule has 0 saturated carbocycles. The first-order valence-electron chi connectivity index (χ1n) is 6.59. The molecule has 0 aliphatic carbocycles. The molecule has 0 fully saturated rings. The van der Waals surface area contributed by atoms with E-state index in [1.165, 1.54) is 0 Å². The Kier molecular flexibility index (Phi) is 5.61. The molecular weight excluding hydrogens is 223 g/mol. The number of carbonyl (C=O) groups excluding carboxylic acids is 1. The van der Waals surface area contributed by atoms with Gasteiger partial charge in [-0.2, -0.15) is 0 Å². The predicted molar refractivity (Wildman–Crippen MR) is 75.7 cm³/mol. The minimum Gasteiger partial charge on any atom is -0.388 e. The molecule has 2 unspecified atom stereocenters. The summed E-state index contributed by atoms with van der Waals surface area (Å²) >= 11 is 0. The van der Waals surface area contributed by atoms with E-state index in [9.17, 15) is 9.90 Å². The van der Waals surface area contributed by atoms with E-state index < -0.39 is 6.10 Å². The zero-order chi connectivity index (χ0) is 13.7. The maximum Gasteiger partial charge on any atom is 0.210 e. The van der Waals surface area contributed by atoms with Gasteiger partial charge in [0.15, 0.2) is 0 Å². The highest BCUT2D eigenvalue weighted by atomic mass is 16.3. The molecule has 0 amide bonds. The van der Waals surface area contributed by atoms with Crippen LogP contribution in [0.4, 0.5) is 0 Å². The van der Waals surface area contributed by atoms with Crippen LogP contribution in [0.25, 0.3) is 0 Å². The number of rotatable bonds is 6. The normalized spacial score (nSPS) is 14.3. The van der Waals surface area contributed by atoms with E-state index in [1.54, 1.807) is 14.2 Å². The molecule has 0 bridgehead atoms. The largest absolute Gasteiger partial charge is 0.388 e. The van der Waals surface area contributed by atoms with Crippen LogP contribution in [-0.2, 0) is 4.79 Å². The van der Waals surface area contributed by atoms with Crippen molar-refractivity contribution in [2.24, 2.45) is 5.92 Å². The van der Waals surface area contributed by atoms with Gasteiger partial charge in [-0.1, -0.05) is 50.6 Å². The van der Waals surface area contributed by atoms with E-state index in [2.05, 4.69) is 13.8 Å². The third kappa shape index (κ3) is 3.99. The van der Waals surface area contributed by atoms with Crippen molar-refractivity contribution in [1.29, 1.82) is 0 Å². The van der Waals surface area contributed by atoms with Crippen molar-refractivity contribution in [3.05, 3.63) is 35.4 Å². The van der Waals surface area contributed by atoms with Crippen LogP contribution in [-0.4, -0.2) is 18.1 Å². The lowest BCUT2D eigenvalue weighted by molar-refractivity contribution is -0.110.